The molecule has 0 aromatic heterocycles. The SMILES string of the molecule is CCNC(=NCc1cccc(COC2CCOCC2)c1)NC1CC(OCC)C12CCCC2.I. The summed E-state index contributed by atoms with van der Waals surface area (Å²) in [6.45, 7) is 8.85. The number of aliphatic imine (C=N–C) groups is 1. The molecule has 2 saturated carbocycles. The Labute approximate surface area is 216 Å². The van der Waals surface area contributed by atoms with Gasteiger partial charge >= 0.3 is 0 Å². The summed E-state index contributed by atoms with van der Waals surface area (Å²) in [4.78, 5) is 4.92. The molecule has 1 aromatic rings. The van der Waals surface area contributed by atoms with E-state index >= 15 is 0 Å². The number of hydrogen-bond acceptors (Lipinski definition) is 4. The molecule has 2 N–H and O–H groups in total. The molecule has 186 valence electrons. The van der Waals surface area contributed by atoms with Gasteiger partial charge in [0.1, 0.15) is 0 Å². The van der Waals surface area contributed by atoms with E-state index in [9.17, 15) is 0 Å². The summed E-state index contributed by atoms with van der Waals surface area (Å²) < 4.78 is 17.6. The monoisotopic (exact) mass is 571 g/mol. The number of benzene rings is 1. The van der Waals surface area contributed by atoms with Gasteiger partial charge in [-0.25, -0.2) is 4.99 Å². The topological polar surface area (TPSA) is 64.1 Å². The molecule has 0 amide bonds. The lowest BCUT2D eigenvalue weighted by molar-refractivity contribution is -0.125. The van der Waals surface area contributed by atoms with Crippen molar-refractivity contribution in [2.45, 2.75) is 90.2 Å². The van der Waals surface area contributed by atoms with Crippen LogP contribution < -0.4 is 10.6 Å². The van der Waals surface area contributed by atoms with E-state index in [1.807, 2.05) is 0 Å². The fourth-order valence-electron chi connectivity index (χ4n) is 5.62. The summed E-state index contributed by atoms with van der Waals surface area (Å²) in [7, 11) is 0. The summed E-state index contributed by atoms with van der Waals surface area (Å²) in [5, 5.41) is 7.20. The van der Waals surface area contributed by atoms with Crippen molar-refractivity contribution >= 4 is 29.9 Å². The molecule has 2 aliphatic carbocycles. The lowest BCUT2D eigenvalue weighted by Gasteiger charge is -2.54. The van der Waals surface area contributed by atoms with Crippen LogP contribution in [-0.2, 0) is 27.4 Å². The zero-order valence-electron chi connectivity index (χ0n) is 20.3. The molecule has 4 rings (SSSR count). The molecule has 2 atom stereocenters. The van der Waals surface area contributed by atoms with Gasteiger partial charge < -0.3 is 24.8 Å². The molecule has 7 heteroatoms. The summed E-state index contributed by atoms with van der Waals surface area (Å²) in [5.41, 5.74) is 2.73. The fraction of sp³-hybridized carbons (Fsp3) is 0.731. The second kappa shape index (κ2) is 13.3. The van der Waals surface area contributed by atoms with Gasteiger partial charge in [-0.1, -0.05) is 37.1 Å². The Hall–Kier alpha value is -0.900. The van der Waals surface area contributed by atoms with E-state index in [4.69, 9.17) is 19.2 Å². The number of rotatable bonds is 9. The molecule has 3 aliphatic rings. The third kappa shape index (κ3) is 6.83. The van der Waals surface area contributed by atoms with Gasteiger partial charge in [0.05, 0.1) is 25.4 Å². The first kappa shape index (κ1) is 26.7. The van der Waals surface area contributed by atoms with Crippen LogP contribution in [0.3, 0.4) is 0 Å². The van der Waals surface area contributed by atoms with Gasteiger partial charge in [0.15, 0.2) is 5.96 Å². The number of guanidine groups is 1. The number of hydrogen-bond donors (Lipinski definition) is 2. The first-order valence-electron chi connectivity index (χ1n) is 12.7. The van der Waals surface area contributed by atoms with Gasteiger partial charge in [0, 0.05) is 37.8 Å². The van der Waals surface area contributed by atoms with Crippen molar-refractivity contribution < 1.29 is 14.2 Å². The van der Waals surface area contributed by atoms with Crippen LogP contribution in [0.15, 0.2) is 29.3 Å². The molecular weight excluding hydrogens is 529 g/mol. The van der Waals surface area contributed by atoms with E-state index in [-0.39, 0.29) is 24.0 Å². The van der Waals surface area contributed by atoms with E-state index in [1.54, 1.807) is 0 Å². The summed E-state index contributed by atoms with van der Waals surface area (Å²) in [5.74, 6) is 0.919. The highest BCUT2D eigenvalue weighted by Crippen LogP contribution is 2.54. The van der Waals surface area contributed by atoms with Crippen LogP contribution in [0.2, 0.25) is 0 Å². The molecule has 1 aliphatic heterocycles. The standard InChI is InChI=1S/C26H41N3O3.HI/c1-3-27-25(29-23-17-24(31-4-2)26(23)12-5-6-13-26)28-18-20-8-7-9-21(16-20)19-32-22-10-14-30-15-11-22;/h7-9,16,22-24H,3-6,10-15,17-19H2,1-2H3,(H2,27,28,29);1H. The maximum Gasteiger partial charge on any atom is 0.191 e. The van der Waals surface area contributed by atoms with Crippen LogP contribution in [0.1, 0.15) is 69.9 Å². The minimum Gasteiger partial charge on any atom is -0.381 e. The Bertz CT molecular complexity index is 748. The molecule has 1 heterocycles. The van der Waals surface area contributed by atoms with Crippen LogP contribution in [0.5, 0.6) is 0 Å². The molecule has 1 saturated heterocycles. The minimum absolute atomic E-state index is 0. The highest BCUT2D eigenvalue weighted by atomic mass is 127. The molecule has 0 radical (unpaired) electrons. The molecule has 1 spiro atoms. The molecule has 2 unspecified atom stereocenters. The molecule has 3 fully saturated rings. The minimum atomic E-state index is 0. The molecule has 33 heavy (non-hydrogen) atoms. The summed E-state index contributed by atoms with van der Waals surface area (Å²) in [6.07, 6.45) is 8.97. The highest BCUT2D eigenvalue weighted by Gasteiger charge is 2.56. The van der Waals surface area contributed by atoms with Gasteiger partial charge in [-0.2, -0.15) is 0 Å². The quantitative estimate of drug-likeness (QED) is 0.254. The largest absolute Gasteiger partial charge is 0.381 e. The Balaban J connectivity index is 0.00000306. The van der Waals surface area contributed by atoms with Crippen molar-refractivity contribution in [3.8, 4) is 0 Å². The van der Waals surface area contributed by atoms with Crippen LogP contribution in [0, 0.1) is 5.41 Å². The zero-order valence-corrected chi connectivity index (χ0v) is 22.6. The van der Waals surface area contributed by atoms with Gasteiger partial charge in [0.2, 0.25) is 0 Å². The maximum absolute atomic E-state index is 6.09. The predicted octanol–water partition coefficient (Wildman–Crippen LogP) is 4.79. The first-order chi connectivity index (χ1) is 15.7. The number of nitrogens with zero attached hydrogens (tertiary/aromatic N) is 1. The van der Waals surface area contributed by atoms with E-state index < -0.39 is 0 Å². The third-order valence-corrected chi connectivity index (χ3v) is 7.41. The lowest BCUT2D eigenvalue weighted by atomic mass is 9.60. The van der Waals surface area contributed by atoms with Gasteiger partial charge in [-0.05, 0) is 57.1 Å². The number of ether oxygens (including phenoxy) is 3. The van der Waals surface area contributed by atoms with E-state index in [0.717, 1.165) is 51.6 Å². The van der Waals surface area contributed by atoms with E-state index in [0.29, 0.717) is 36.8 Å². The Morgan fingerprint density at radius 3 is 2.61 bits per heavy atom. The van der Waals surface area contributed by atoms with Crippen molar-refractivity contribution in [2.24, 2.45) is 10.4 Å². The third-order valence-electron chi connectivity index (χ3n) is 7.41. The smallest absolute Gasteiger partial charge is 0.191 e. The summed E-state index contributed by atoms with van der Waals surface area (Å²) >= 11 is 0. The van der Waals surface area contributed by atoms with Gasteiger partial charge in [-0.3, -0.25) is 0 Å². The van der Waals surface area contributed by atoms with E-state index in [1.165, 1.54) is 36.8 Å². The maximum atomic E-state index is 6.09. The van der Waals surface area contributed by atoms with Gasteiger partial charge in [-0.15, -0.1) is 24.0 Å². The van der Waals surface area contributed by atoms with Crippen molar-refractivity contribution in [1.82, 2.24) is 10.6 Å². The fourth-order valence-corrected chi connectivity index (χ4v) is 5.62. The van der Waals surface area contributed by atoms with Crippen molar-refractivity contribution in [3.63, 3.8) is 0 Å². The number of halogens is 1. The molecular formula is C26H42IN3O3. The predicted molar refractivity (Wildman–Crippen MR) is 143 cm³/mol. The second-order valence-corrected chi connectivity index (χ2v) is 9.45. The average Bonchev–Trinajstić information content (AvgIpc) is 3.35. The lowest BCUT2D eigenvalue weighted by Crippen LogP contribution is -2.65. The Kier molecular flexibility index (Phi) is 10.7. The summed E-state index contributed by atoms with van der Waals surface area (Å²) in [6, 6.07) is 9.08. The van der Waals surface area contributed by atoms with Crippen LogP contribution in [0.25, 0.3) is 0 Å². The first-order valence-corrected chi connectivity index (χ1v) is 12.7. The van der Waals surface area contributed by atoms with Crippen LogP contribution >= 0.6 is 24.0 Å². The van der Waals surface area contributed by atoms with E-state index in [2.05, 4.69) is 48.7 Å². The average molecular weight is 572 g/mol. The zero-order chi connectivity index (χ0) is 22.2. The Morgan fingerprint density at radius 2 is 1.88 bits per heavy atom. The van der Waals surface area contributed by atoms with Crippen molar-refractivity contribution in [1.29, 1.82) is 0 Å². The van der Waals surface area contributed by atoms with Crippen molar-refractivity contribution in [2.75, 3.05) is 26.4 Å². The Morgan fingerprint density at radius 1 is 1.12 bits per heavy atom. The van der Waals surface area contributed by atoms with Crippen LogP contribution in [-0.4, -0.2) is 50.6 Å². The molecule has 6 nitrogen and oxygen atoms in total. The van der Waals surface area contributed by atoms with Crippen molar-refractivity contribution in [3.05, 3.63) is 35.4 Å². The second-order valence-electron chi connectivity index (χ2n) is 9.45. The normalized spacial score (nSPS) is 24.8. The highest BCUT2D eigenvalue weighted by molar-refractivity contribution is 14.0. The van der Waals surface area contributed by atoms with Crippen LogP contribution in [0.4, 0.5) is 0 Å². The number of nitrogens with one attached hydrogen (secondary N) is 2. The molecule has 0 bridgehead atoms. The molecule has 1 aromatic carbocycles. The van der Waals surface area contributed by atoms with Gasteiger partial charge in [0.25, 0.3) is 0 Å².